The van der Waals surface area contributed by atoms with Gasteiger partial charge in [0.15, 0.2) is 5.96 Å². The van der Waals surface area contributed by atoms with Gasteiger partial charge in [0.2, 0.25) is 0 Å². The van der Waals surface area contributed by atoms with Crippen LogP contribution in [0.5, 0.6) is 0 Å². The number of rotatable bonds is 7. The van der Waals surface area contributed by atoms with Crippen LogP contribution in [0.1, 0.15) is 58.7 Å². The molecule has 130 valence electrons. The highest BCUT2D eigenvalue weighted by Crippen LogP contribution is 2.26. The van der Waals surface area contributed by atoms with Gasteiger partial charge in [0.25, 0.3) is 0 Å². The maximum absolute atomic E-state index is 4.73. The second-order valence-electron chi connectivity index (χ2n) is 6.34. The Morgan fingerprint density at radius 2 is 2.22 bits per heavy atom. The van der Waals surface area contributed by atoms with Crippen molar-refractivity contribution < 1.29 is 0 Å². The Morgan fingerprint density at radius 3 is 2.96 bits per heavy atom. The van der Waals surface area contributed by atoms with E-state index in [0.29, 0.717) is 6.04 Å². The summed E-state index contributed by atoms with van der Waals surface area (Å²) in [6, 6.07) is 0.563. The summed E-state index contributed by atoms with van der Waals surface area (Å²) in [5.74, 6) is 2.84. The van der Waals surface area contributed by atoms with Crippen LogP contribution in [-0.2, 0) is 13.0 Å². The molecule has 6 heteroatoms. The molecule has 1 heterocycles. The first-order valence-corrected chi connectivity index (χ1v) is 9.18. The van der Waals surface area contributed by atoms with Gasteiger partial charge in [-0.1, -0.05) is 33.1 Å². The Kier molecular flexibility index (Phi) is 7.36. The highest BCUT2D eigenvalue weighted by Gasteiger charge is 2.21. The lowest BCUT2D eigenvalue weighted by molar-refractivity contribution is 0.298. The molecular formula is C17H32N6. The normalized spacial score (nSPS) is 22.1. The van der Waals surface area contributed by atoms with Gasteiger partial charge in [-0.15, -0.1) is 10.2 Å². The number of nitrogens with zero attached hydrogens (tertiary/aromatic N) is 4. The van der Waals surface area contributed by atoms with Crippen LogP contribution in [0, 0.1) is 5.92 Å². The fourth-order valence-corrected chi connectivity index (χ4v) is 3.32. The molecule has 1 aromatic heterocycles. The molecule has 0 spiro atoms. The zero-order chi connectivity index (χ0) is 16.5. The van der Waals surface area contributed by atoms with Crippen LogP contribution >= 0.6 is 0 Å². The van der Waals surface area contributed by atoms with Gasteiger partial charge in [-0.05, 0) is 25.7 Å². The third kappa shape index (κ3) is 5.52. The van der Waals surface area contributed by atoms with E-state index in [1.54, 1.807) is 6.33 Å². The maximum Gasteiger partial charge on any atom is 0.191 e. The summed E-state index contributed by atoms with van der Waals surface area (Å²) >= 11 is 0. The molecule has 0 bridgehead atoms. The van der Waals surface area contributed by atoms with Crippen molar-refractivity contribution >= 4 is 5.96 Å². The largest absolute Gasteiger partial charge is 0.357 e. The first kappa shape index (κ1) is 17.8. The van der Waals surface area contributed by atoms with Gasteiger partial charge in [0.05, 0.1) is 6.54 Å². The van der Waals surface area contributed by atoms with Crippen LogP contribution in [0.15, 0.2) is 11.3 Å². The van der Waals surface area contributed by atoms with Crippen LogP contribution in [0.2, 0.25) is 0 Å². The number of aromatic nitrogens is 3. The Morgan fingerprint density at radius 1 is 1.35 bits per heavy atom. The number of aryl methyl sites for hydroxylation is 1. The summed E-state index contributed by atoms with van der Waals surface area (Å²) in [4.78, 5) is 4.73. The third-order valence-electron chi connectivity index (χ3n) is 4.67. The van der Waals surface area contributed by atoms with E-state index < -0.39 is 0 Å². The molecule has 0 radical (unpaired) electrons. The second-order valence-corrected chi connectivity index (χ2v) is 6.34. The van der Waals surface area contributed by atoms with Crippen LogP contribution in [0.25, 0.3) is 0 Å². The highest BCUT2D eigenvalue weighted by molar-refractivity contribution is 5.80. The molecule has 6 nitrogen and oxygen atoms in total. The molecular weight excluding hydrogens is 288 g/mol. The zero-order valence-electron chi connectivity index (χ0n) is 14.9. The lowest BCUT2D eigenvalue weighted by atomic mass is 9.84. The number of hydrogen-bond donors (Lipinski definition) is 2. The van der Waals surface area contributed by atoms with Gasteiger partial charge in [-0.25, -0.2) is 0 Å². The van der Waals surface area contributed by atoms with E-state index in [-0.39, 0.29) is 0 Å². The summed E-state index contributed by atoms with van der Waals surface area (Å²) in [6.45, 7) is 8.98. The van der Waals surface area contributed by atoms with Crippen LogP contribution in [0.3, 0.4) is 0 Å². The van der Waals surface area contributed by atoms with Crippen molar-refractivity contribution in [3.8, 4) is 0 Å². The number of hydrogen-bond acceptors (Lipinski definition) is 3. The average Bonchev–Trinajstić information content (AvgIpc) is 3.02. The van der Waals surface area contributed by atoms with E-state index in [4.69, 9.17) is 4.99 Å². The Bertz CT molecular complexity index is 481. The predicted molar refractivity (Wildman–Crippen MR) is 94.6 cm³/mol. The van der Waals surface area contributed by atoms with Gasteiger partial charge in [0, 0.05) is 25.6 Å². The quantitative estimate of drug-likeness (QED) is 0.598. The van der Waals surface area contributed by atoms with Crippen molar-refractivity contribution in [1.29, 1.82) is 0 Å². The summed E-state index contributed by atoms with van der Waals surface area (Å²) in [5, 5.41) is 15.1. The maximum atomic E-state index is 4.73. The van der Waals surface area contributed by atoms with Crippen molar-refractivity contribution in [3.63, 3.8) is 0 Å². The molecule has 2 unspecified atom stereocenters. The monoisotopic (exact) mass is 320 g/mol. The minimum Gasteiger partial charge on any atom is -0.357 e. The van der Waals surface area contributed by atoms with Gasteiger partial charge < -0.3 is 15.2 Å². The number of nitrogens with one attached hydrogen (secondary N) is 2. The van der Waals surface area contributed by atoms with Crippen molar-refractivity contribution in [1.82, 2.24) is 25.4 Å². The third-order valence-corrected chi connectivity index (χ3v) is 4.67. The van der Waals surface area contributed by atoms with Gasteiger partial charge in [0.1, 0.15) is 12.2 Å². The van der Waals surface area contributed by atoms with Crippen LogP contribution in [0.4, 0.5) is 0 Å². The standard InChI is InChI=1S/C17H32N6/c1-4-14-8-7-9-15(12-14)21-17(18-6-3)19-10-11-23-13-20-22-16(23)5-2/h13-15H,4-12H2,1-3H3,(H2,18,19,21). The Balaban J connectivity index is 1.86. The molecule has 2 atom stereocenters. The summed E-state index contributed by atoms with van der Waals surface area (Å²) < 4.78 is 2.08. The Labute approximate surface area is 140 Å². The molecule has 1 fully saturated rings. The van der Waals surface area contributed by atoms with Crippen LogP contribution < -0.4 is 10.6 Å². The van der Waals surface area contributed by atoms with Crippen molar-refractivity contribution in [3.05, 3.63) is 12.2 Å². The fraction of sp³-hybridized carbons (Fsp3) is 0.824. The molecule has 1 aliphatic rings. The molecule has 2 rings (SSSR count). The van der Waals surface area contributed by atoms with E-state index in [9.17, 15) is 0 Å². The SMILES string of the molecule is CCNC(=NCCn1cnnc1CC)NC1CCCC(CC)C1. The van der Waals surface area contributed by atoms with E-state index >= 15 is 0 Å². The van der Waals surface area contributed by atoms with Crippen molar-refractivity contribution in [2.75, 3.05) is 13.1 Å². The average molecular weight is 320 g/mol. The minimum absolute atomic E-state index is 0.563. The van der Waals surface area contributed by atoms with Gasteiger partial charge in [-0.3, -0.25) is 4.99 Å². The van der Waals surface area contributed by atoms with Crippen LogP contribution in [-0.4, -0.2) is 39.9 Å². The zero-order valence-corrected chi connectivity index (χ0v) is 14.9. The second kappa shape index (κ2) is 9.53. The van der Waals surface area contributed by atoms with E-state index in [2.05, 4.69) is 46.2 Å². The fourth-order valence-electron chi connectivity index (χ4n) is 3.32. The molecule has 0 aliphatic heterocycles. The molecule has 1 aliphatic carbocycles. The summed E-state index contributed by atoms with van der Waals surface area (Å²) in [5.41, 5.74) is 0. The molecule has 1 saturated carbocycles. The van der Waals surface area contributed by atoms with Gasteiger partial charge >= 0.3 is 0 Å². The molecule has 0 amide bonds. The molecule has 23 heavy (non-hydrogen) atoms. The summed E-state index contributed by atoms with van der Waals surface area (Å²) in [7, 11) is 0. The molecule has 0 saturated heterocycles. The first-order chi connectivity index (χ1) is 11.3. The topological polar surface area (TPSA) is 67.1 Å². The number of guanidine groups is 1. The van der Waals surface area contributed by atoms with Gasteiger partial charge in [-0.2, -0.15) is 0 Å². The van der Waals surface area contributed by atoms with E-state index in [0.717, 1.165) is 43.8 Å². The predicted octanol–water partition coefficient (Wildman–Crippen LogP) is 2.36. The van der Waals surface area contributed by atoms with E-state index in [1.807, 2.05) is 0 Å². The van der Waals surface area contributed by atoms with Crippen molar-refractivity contribution in [2.24, 2.45) is 10.9 Å². The first-order valence-electron chi connectivity index (χ1n) is 9.18. The van der Waals surface area contributed by atoms with E-state index in [1.165, 1.54) is 32.1 Å². The summed E-state index contributed by atoms with van der Waals surface area (Å²) in [6.07, 6.45) is 9.23. The number of aliphatic imine (C=N–C) groups is 1. The van der Waals surface area contributed by atoms with Crippen molar-refractivity contribution in [2.45, 2.75) is 71.9 Å². The molecule has 1 aromatic rings. The highest BCUT2D eigenvalue weighted by atomic mass is 15.3. The minimum atomic E-state index is 0.563. The lowest BCUT2D eigenvalue weighted by Crippen LogP contribution is -2.45. The Hall–Kier alpha value is -1.59. The molecule has 2 N–H and O–H groups in total. The smallest absolute Gasteiger partial charge is 0.191 e. The molecule has 0 aromatic carbocycles. The lowest BCUT2D eigenvalue weighted by Gasteiger charge is -2.30.